The van der Waals surface area contributed by atoms with E-state index in [0.717, 1.165) is 38.5 Å². The van der Waals surface area contributed by atoms with Crippen LogP contribution in [0.2, 0.25) is 0 Å². The molecule has 0 aromatic heterocycles. The number of carbonyl (C=O) groups is 1. The van der Waals surface area contributed by atoms with E-state index in [9.17, 15) is 4.79 Å². The maximum absolute atomic E-state index is 11.1. The highest BCUT2D eigenvalue weighted by molar-refractivity contribution is 5.57. The molecular weight excluding hydrogens is 532 g/mol. The maximum Gasteiger partial charge on any atom is 0.506 e. The Morgan fingerprint density at radius 3 is 1.37 bits per heavy atom. The van der Waals surface area contributed by atoms with Crippen molar-refractivity contribution in [1.29, 1.82) is 0 Å². The van der Waals surface area contributed by atoms with Gasteiger partial charge in [0.05, 0.1) is 6.61 Å². The van der Waals surface area contributed by atoms with Gasteiger partial charge >= 0.3 is 6.16 Å². The lowest BCUT2D eigenvalue weighted by atomic mass is 10.1. The normalized spacial score (nSPS) is 12.9. The fourth-order valence-electron chi connectivity index (χ4n) is 5.09. The largest absolute Gasteiger partial charge is 0.506 e. The van der Waals surface area contributed by atoms with Gasteiger partial charge in [-0.05, 0) is 83.5 Å². The molecule has 43 heavy (non-hydrogen) atoms. The molecule has 0 aliphatic rings. The Balaban J connectivity index is 3.60. The fourth-order valence-corrected chi connectivity index (χ4v) is 5.09. The average molecular weight is 603 g/mol. The summed E-state index contributed by atoms with van der Waals surface area (Å²) in [5, 5.41) is 9.08. The highest BCUT2D eigenvalue weighted by Crippen LogP contribution is 2.13. The second kappa shape index (κ2) is 36.4. The summed E-state index contributed by atoms with van der Waals surface area (Å²) in [4.78, 5) is 11.1. The Kier molecular flexibility index (Phi) is 34.9. The van der Waals surface area contributed by atoms with Crippen molar-refractivity contribution >= 4 is 6.16 Å². The van der Waals surface area contributed by atoms with E-state index in [1.165, 1.54) is 122 Å². The molecule has 0 radical (unpaired) electrons. The second-order valence-corrected chi connectivity index (χ2v) is 12.0. The summed E-state index contributed by atoms with van der Waals surface area (Å²) in [6.07, 6.45) is 46.9. The lowest BCUT2D eigenvalue weighted by molar-refractivity contribution is -0.00676. The number of carboxylic acid groups (broad SMARTS) is 1. The summed E-state index contributed by atoms with van der Waals surface area (Å²) < 4.78 is 10.9. The maximum atomic E-state index is 11.1. The van der Waals surface area contributed by atoms with Crippen molar-refractivity contribution in [2.45, 2.75) is 180 Å². The first-order valence-corrected chi connectivity index (χ1v) is 18.3. The van der Waals surface area contributed by atoms with Crippen molar-refractivity contribution in [2.75, 3.05) is 13.2 Å². The van der Waals surface area contributed by atoms with Crippen LogP contribution in [-0.4, -0.2) is 30.6 Å². The van der Waals surface area contributed by atoms with Gasteiger partial charge in [-0.2, -0.15) is 0 Å². The van der Waals surface area contributed by atoms with Crippen molar-refractivity contribution < 1.29 is 19.4 Å². The van der Waals surface area contributed by atoms with Crippen molar-refractivity contribution in [3.63, 3.8) is 0 Å². The molecule has 0 fully saturated rings. The Labute approximate surface area is 267 Å². The third-order valence-corrected chi connectivity index (χ3v) is 7.79. The summed E-state index contributed by atoms with van der Waals surface area (Å²) in [5.41, 5.74) is 0. The summed E-state index contributed by atoms with van der Waals surface area (Å²) in [5.74, 6) is 0. The molecular formula is C39H70O4. The van der Waals surface area contributed by atoms with Gasteiger partial charge in [0.1, 0.15) is 6.10 Å². The second-order valence-electron chi connectivity index (χ2n) is 12.0. The van der Waals surface area contributed by atoms with Crippen LogP contribution >= 0.6 is 0 Å². The molecule has 0 spiro atoms. The Bertz CT molecular complexity index is 679. The van der Waals surface area contributed by atoms with E-state index < -0.39 is 6.16 Å². The van der Waals surface area contributed by atoms with E-state index in [0.29, 0.717) is 13.2 Å². The number of hydrogen-bond donors (Lipinski definition) is 1. The van der Waals surface area contributed by atoms with Gasteiger partial charge in [-0.25, -0.2) is 4.79 Å². The molecule has 0 saturated carbocycles. The molecule has 4 heteroatoms. The molecule has 0 rings (SSSR count). The van der Waals surface area contributed by atoms with Crippen molar-refractivity contribution in [1.82, 2.24) is 0 Å². The highest BCUT2D eigenvalue weighted by Gasteiger charge is 2.13. The lowest BCUT2D eigenvalue weighted by Crippen LogP contribution is -2.23. The molecule has 1 atom stereocenters. The smallest absolute Gasteiger partial charge is 0.450 e. The highest BCUT2D eigenvalue weighted by atomic mass is 16.7. The molecule has 0 aromatic carbocycles. The third kappa shape index (κ3) is 36.3. The fraction of sp³-hybridized carbons (Fsp3) is 0.769. The zero-order chi connectivity index (χ0) is 31.3. The minimum Gasteiger partial charge on any atom is -0.450 e. The zero-order valence-electron chi connectivity index (χ0n) is 28.5. The molecule has 0 heterocycles. The first-order chi connectivity index (χ1) is 21.2. The van der Waals surface area contributed by atoms with Crippen LogP contribution in [0.1, 0.15) is 174 Å². The minimum absolute atomic E-state index is 0.340. The van der Waals surface area contributed by atoms with Crippen LogP contribution in [-0.2, 0) is 9.47 Å². The van der Waals surface area contributed by atoms with Gasteiger partial charge in [0.25, 0.3) is 0 Å². The van der Waals surface area contributed by atoms with Gasteiger partial charge in [0, 0.05) is 6.61 Å². The predicted molar refractivity (Wildman–Crippen MR) is 187 cm³/mol. The summed E-state index contributed by atoms with van der Waals surface area (Å²) in [7, 11) is 0. The van der Waals surface area contributed by atoms with E-state index in [1.54, 1.807) is 0 Å². The number of allylic oxidation sites excluding steroid dienone is 8. The van der Waals surface area contributed by atoms with E-state index >= 15 is 0 Å². The summed E-state index contributed by atoms with van der Waals surface area (Å²) >= 11 is 0. The van der Waals surface area contributed by atoms with Gasteiger partial charge in [-0.15, -0.1) is 0 Å². The van der Waals surface area contributed by atoms with Gasteiger partial charge in [-0.3, -0.25) is 0 Å². The number of unbranched alkanes of at least 4 members (excludes halogenated alkanes) is 18. The van der Waals surface area contributed by atoms with Gasteiger partial charge in [0.15, 0.2) is 0 Å². The molecule has 1 N–H and O–H groups in total. The molecule has 0 aliphatic heterocycles. The van der Waals surface area contributed by atoms with Crippen LogP contribution < -0.4 is 0 Å². The van der Waals surface area contributed by atoms with Gasteiger partial charge in [-0.1, -0.05) is 140 Å². The molecule has 4 nitrogen and oxygen atoms in total. The first-order valence-electron chi connectivity index (χ1n) is 18.3. The molecule has 250 valence electrons. The van der Waals surface area contributed by atoms with Crippen molar-refractivity contribution in [3.05, 3.63) is 48.6 Å². The van der Waals surface area contributed by atoms with E-state index in [-0.39, 0.29) is 6.10 Å². The SMILES string of the molecule is CCCCC/C=C\C/C=C\CCCCCCCCOCC(CCCCCCCC/C=C\C/C=C\CCCCC)OC(=O)O. The van der Waals surface area contributed by atoms with Crippen LogP contribution in [0.25, 0.3) is 0 Å². The molecule has 1 unspecified atom stereocenters. The first kappa shape index (κ1) is 41.2. The monoisotopic (exact) mass is 603 g/mol. The van der Waals surface area contributed by atoms with Crippen molar-refractivity contribution in [2.24, 2.45) is 0 Å². The minimum atomic E-state index is -1.19. The summed E-state index contributed by atoms with van der Waals surface area (Å²) in [6, 6.07) is 0. The Hall–Kier alpha value is -1.81. The van der Waals surface area contributed by atoms with Crippen LogP contribution in [0.15, 0.2) is 48.6 Å². The Morgan fingerprint density at radius 1 is 0.535 bits per heavy atom. The van der Waals surface area contributed by atoms with E-state index in [4.69, 9.17) is 14.6 Å². The number of hydrogen-bond acceptors (Lipinski definition) is 3. The standard InChI is InChI=1S/C39H70O4/c1-3-5-7-9-11-13-15-17-19-21-23-25-27-29-31-33-35-38(43-39(40)41)37-42-36-34-32-30-28-26-24-22-20-18-16-14-12-10-8-6-4-2/h11-14,17-20,38H,3-10,15-16,21-37H2,1-2H3,(H,40,41)/b13-11-,14-12-,19-17-,20-18-. The molecule has 0 aliphatic carbocycles. The topological polar surface area (TPSA) is 55.8 Å². The van der Waals surface area contributed by atoms with Crippen LogP contribution in [0.3, 0.4) is 0 Å². The van der Waals surface area contributed by atoms with Gasteiger partial charge in [0.2, 0.25) is 0 Å². The van der Waals surface area contributed by atoms with Crippen LogP contribution in [0.4, 0.5) is 4.79 Å². The van der Waals surface area contributed by atoms with Crippen molar-refractivity contribution in [3.8, 4) is 0 Å². The molecule has 0 saturated heterocycles. The van der Waals surface area contributed by atoms with Gasteiger partial charge < -0.3 is 14.6 Å². The molecule has 0 aromatic rings. The third-order valence-electron chi connectivity index (χ3n) is 7.79. The summed E-state index contributed by atoms with van der Waals surface area (Å²) in [6.45, 7) is 5.57. The zero-order valence-corrected chi connectivity index (χ0v) is 28.5. The number of rotatable bonds is 33. The predicted octanol–water partition coefficient (Wildman–Crippen LogP) is 13.1. The van der Waals surface area contributed by atoms with E-state index in [1.807, 2.05) is 0 Å². The average Bonchev–Trinajstić information content (AvgIpc) is 2.99. The van der Waals surface area contributed by atoms with E-state index in [2.05, 4.69) is 62.5 Å². The quantitative estimate of drug-likeness (QED) is 0.0461. The number of ether oxygens (including phenoxy) is 2. The lowest BCUT2D eigenvalue weighted by Gasteiger charge is -2.16. The molecule has 0 bridgehead atoms. The molecule has 0 amide bonds. The van der Waals surface area contributed by atoms with Crippen LogP contribution in [0.5, 0.6) is 0 Å². The Morgan fingerprint density at radius 2 is 0.930 bits per heavy atom. The van der Waals surface area contributed by atoms with Crippen LogP contribution in [0, 0.1) is 0 Å².